The Balaban J connectivity index is 2.27. The number of nitrogens with zero attached hydrogens (tertiary/aromatic N) is 1. The van der Waals surface area contributed by atoms with Crippen molar-refractivity contribution in [3.8, 4) is 0 Å². The standard InChI is InChI=1S/C25H33N3O4/c1-16-12-13-19(18(3)14-16)22(23(30)27-20-11-9-8-10-17(20)2)28(7)21(29)15-26-24(31)32-25(4,5)6/h8-14,22H,15H2,1-7H3,(H,26,31)(H,27,30). The van der Waals surface area contributed by atoms with E-state index in [4.69, 9.17) is 4.74 Å². The zero-order valence-electron chi connectivity index (χ0n) is 19.9. The summed E-state index contributed by atoms with van der Waals surface area (Å²) in [5.41, 5.74) is 3.60. The lowest BCUT2D eigenvalue weighted by Gasteiger charge is -2.29. The maximum atomic E-state index is 13.4. The fraction of sp³-hybridized carbons (Fsp3) is 0.400. The zero-order valence-corrected chi connectivity index (χ0v) is 19.9. The Morgan fingerprint density at radius 3 is 2.25 bits per heavy atom. The van der Waals surface area contributed by atoms with Gasteiger partial charge in [-0.3, -0.25) is 9.59 Å². The van der Waals surface area contributed by atoms with E-state index in [9.17, 15) is 14.4 Å². The van der Waals surface area contributed by atoms with Gasteiger partial charge >= 0.3 is 6.09 Å². The average Bonchev–Trinajstić information content (AvgIpc) is 2.68. The number of hydrogen-bond acceptors (Lipinski definition) is 4. The van der Waals surface area contributed by atoms with Crippen LogP contribution in [-0.4, -0.2) is 42.0 Å². The number of rotatable bonds is 6. The number of aryl methyl sites for hydroxylation is 3. The van der Waals surface area contributed by atoms with Crippen LogP contribution in [0.25, 0.3) is 0 Å². The molecule has 0 aliphatic heterocycles. The van der Waals surface area contributed by atoms with Gasteiger partial charge in [-0.1, -0.05) is 42.0 Å². The van der Waals surface area contributed by atoms with Gasteiger partial charge in [-0.2, -0.15) is 0 Å². The van der Waals surface area contributed by atoms with Crippen LogP contribution in [0.15, 0.2) is 42.5 Å². The minimum Gasteiger partial charge on any atom is -0.444 e. The second-order valence-corrected chi connectivity index (χ2v) is 8.93. The number of carbonyl (C=O) groups excluding carboxylic acids is 3. The van der Waals surface area contributed by atoms with E-state index in [0.29, 0.717) is 5.69 Å². The number of para-hydroxylation sites is 1. The first kappa shape index (κ1) is 24.9. The molecule has 0 spiro atoms. The average molecular weight is 440 g/mol. The molecule has 0 saturated heterocycles. The molecule has 0 heterocycles. The molecule has 0 radical (unpaired) electrons. The molecule has 0 aromatic heterocycles. The first-order valence-corrected chi connectivity index (χ1v) is 10.5. The number of carbonyl (C=O) groups is 3. The van der Waals surface area contributed by atoms with Crippen LogP contribution in [0.3, 0.4) is 0 Å². The highest BCUT2D eigenvalue weighted by atomic mass is 16.6. The van der Waals surface area contributed by atoms with Crippen molar-refractivity contribution in [3.05, 3.63) is 64.7 Å². The molecular weight excluding hydrogens is 406 g/mol. The van der Waals surface area contributed by atoms with Crippen LogP contribution >= 0.6 is 0 Å². The van der Waals surface area contributed by atoms with Gasteiger partial charge in [0, 0.05) is 12.7 Å². The van der Waals surface area contributed by atoms with Gasteiger partial charge in [0.05, 0.1) is 0 Å². The molecule has 0 aliphatic carbocycles. The molecular formula is C25H33N3O4. The van der Waals surface area contributed by atoms with Crippen LogP contribution in [0.4, 0.5) is 10.5 Å². The SMILES string of the molecule is Cc1ccc(C(C(=O)Nc2ccccc2C)N(C)C(=O)CNC(=O)OC(C)(C)C)c(C)c1. The van der Waals surface area contributed by atoms with Gasteiger partial charge in [0.2, 0.25) is 5.91 Å². The third-order valence-corrected chi connectivity index (χ3v) is 4.93. The van der Waals surface area contributed by atoms with Crippen LogP contribution < -0.4 is 10.6 Å². The third kappa shape index (κ3) is 6.83. The monoisotopic (exact) mass is 439 g/mol. The van der Waals surface area contributed by atoms with Crippen molar-refractivity contribution >= 4 is 23.6 Å². The number of alkyl carbamates (subject to hydrolysis) is 1. The normalized spacial score (nSPS) is 12.0. The van der Waals surface area contributed by atoms with Gasteiger partial charge in [-0.05, 0) is 64.3 Å². The van der Waals surface area contributed by atoms with Gasteiger partial charge < -0.3 is 20.3 Å². The number of ether oxygens (including phenoxy) is 1. The van der Waals surface area contributed by atoms with Crippen molar-refractivity contribution in [1.29, 1.82) is 0 Å². The van der Waals surface area contributed by atoms with E-state index in [1.807, 2.05) is 63.2 Å². The third-order valence-electron chi connectivity index (χ3n) is 4.93. The number of benzene rings is 2. The molecule has 2 N–H and O–H groups in total. The second-order valence-electron chi connectivity index (χ2n) is 8.93. The summed E-state index contributed by atoms with van der Waals surface area (Å²) in [6.45, 7) is 10.7. The maximum Gasteiger partial charge on any atom is 0.408 e. The van der Waals surface area contributed by atoms with Gasteiger partial charge in [0.1, 0.15) is 18.2 Å². The van der Waals surface area contributed by atoms with Crippen molar-refractivity contribution in [2.24, 2.45) is 0 Å². The Bertz CT molecular complexity index is 995. The molecule has 0 saturated carbocycles. The lowest BCUT2D eigenvalue weighted by atomic mass is 9.97. The number of anilines is 1. The van der Waals surface area contributed by atoms with E-state index in [1.165, 1.54) is 4.90 Å². The van der Waals surface area contributed by atoms with E-state index in [0.717, 1.165) is 22.3 Å². The minimum atomic E-state index is -0.872. The molecule has 0 aliphatic rings. The number of likely N-dealkylation sites (N-methyl/N-ethyl adjacent to an activating group) is 1. The molecule has 0 fully saturated rings. The summed E-state index contributed by atoms with van der Waals surface area (Å²) in [7, 11) is 1.56. The van der Waals surface area contributed by atoms with Crippen molar-refractivity contribution in [2.75, 3.05) is 18.9 Å². The predicted octanol–water partition coefficient (Wildman–Crippen LogP) is 4.27. The molecule has 3 amide bonds. The molecule has 172 valence electrons. The lowest BCUT2D eigenvalue weighted by Crippen LogP contribution is -2.44. The van der Waals surface area contributed by atoms with E-state index in [2.05, 4.69) is 10.6 Å². The highest BCUT2D eigenvalue weighted by Gasteiger charge is 2.30. The van der Waals surface area contributed by atoms with Gasteiger partial charge in [-0.15, -0.1) is 0 Å². The molecule has 1 atom stereocenters. The van der Waals surface area contributed by atoms with E-state index in [-0.39, 0.29) is 12.5 Å². The summed E-state index contributed by atoms with van der Waals surface area (Å²) in [5.74, 6) is -0.750. The Labute approximate surface area is 190 Å². The van der Waals surface area contributed by atoms with Crippen LogP contribution in [-0.2, 0) is 14.3 Å². The van der Waals surface area contributed by atoms with Crippen LogP contribution in [0.1, 0.15) is 49.1 Å². The van der Waals surface area contributed by atoms with Gasteiger partial charge in [0.25, 0.3) is 5.91 Å². The fourth-order valence-electron chi connectivity index (χ4n) is 3.30. The largest absolute Gasteiger partial charge is 0.444 e. The highest BCUT2D eigenvalue weighted by molar-refractivity contribution is 5.99. The summed E-state index contributed by atoms with van der Waals surface area (Å²) in [4.78, 5) is 39.6. The van der Waals surface area contributed by atoms with E-state index >= 15 is 0 Å². The van der Waals surface area contributed by atoms with Crippen LogP contribution in [0.2, 0.25) is 0 Å². The molecule has 7 heteroatoms. The second kappa shape index (κ2) is 10.3. The fourth-order valence-corrected chi connectivity index (χ4v) is 3.30. The number of amides is 3. The van der Waals surface area contributed by atoms with Crippen molar-refractivity contribution in [2.45, 2.75) is 53.2 Å². The quantitative estimate of drug-likeness (QED) is 0.703. The van der Waals surface area contributed by atoms with Gasteiger partial charge in [0.15, 0.2) is 0 Å². The summed E-state index contributed by atoms with van der Waals surface area (Å²) in [6, 6.07) is 12.3. The zero-order chi connectivity index (χ0) is 24.1. The summed E-state index contributed by atoms with van der Waals surface area (Å²) < 4.78 is 5.18. The van der Waals surface area contributed by atoms with E-state index in [1.54, 1.807) is 27.8 Å². The van der Waals surface area contributed by atoms with Crippen LogP contribution in [0, 0.1) is 20.8 Å². The Morgan fingerprint density at radius 1 is 1.00 bits per heavy atom. The predicted molar refractivity (Wildman–Crippen MR) is 125 cm³/mol. The number of nitrogens with one attached hydrogen (secondary N) is 2. The summed E-state index contributed by atoms with van der Waals surface area (Å²) >= 11 is 0. The molecule has 2 rings (SSSR count). The molecule has 7 nitrogen and oxygen atoms in total. The van der Waals surface area contributed by atoms with Gasteiger partial charge in [-0.25, -0.2) is 4.79 Å². The topological polar surface area (TPSA) is 87.7 Å². The lowest BCUT2D eigenvalue weighted by molar-refractivity contribution is -0.136. The maximum absolute atomic E-state index is 13.4. The Morgan fingerprint density at radius 2 is 1.66 bits per heavy atom. The first-order valence-electron chi connectivity index (χ1n) is 10.5. The van der Waals surface area contributed by atoms with Crippen molar-refractivity contribution < 1.29 is 19.1 Å². The summed E-state index contributed by atoms with van der Waals surface area (Å²) in [5, 5.41) is 5.40. The molecule has 2 aromatic rings. The number of hydrogen-bond donors (Lipinski definition) is 2. The minimum absolute atomic E-state index is 0.287. The molecule has 1 unspecified atom stereocenters. The molecule has 0 bridgehead atoms. The van der Waals surface area contributed by atoms with Crippen molar-refractivity contribution in [3.63, 3.8) is 0 Å². The van der Waals surface area contributed by atoms with Crippen molar-refractivity contribution in [1.82, 2.24) is 10.2 Å². The Kier molecular flexibility index (Phi) is 8.02. The molecule has 32 heavy (non-hydrogen) atoms. The van der Waals surface area contributed by atoms with Crippen LogP contribution in [0.5, 0.6) is 0 Å². The summed E-state index contributed by atoms with van der Waals surface area (Å²) in [6.07, 6.45) is -0.688. The molecule has 2 aromatic carbocycles. The first-order chi connectivity index (χ1) is 14.9. The Hall–Kier alpha value is -3.35. The van der Waals surface area contributed by atoms with E-state index < -0.39 is 23.6 Å². The highest BCUT2D eigenvalue weighted by Crippen LogP contribution is 2.26. The smallest absolute Gasteiger partial charge is 0.408 e.